The van der Waals surface area contributed by atoms with Gasteiger partial charge in [-0.25, -0.2) is 4.79 Å². The third kappa shape index (κ3) is 6.87. The van der Waals surface area contributed by atoms with Crippen molar-refractivity contribution in [1.82, 2.24) is 5.32 Å². The Morgan fingerprint density at radius 2 is 2.00 bits per heavy atom. The number of hydrogen-bond donors (Lipinski definition) is 2. The van der Waals surface area contributed by atoms with Crippen LogP contribution in [0.2, 0.25) is 0 Å². The van der Waals surface area contributed by atoms with Crippen LogP contribution in [0.15, 0.2) is 0 Å². The molecule has 0 aromatic rings. The molecule has 0 saturated heterocycles. The fourth-order valence-corrected chi connectivity index (χ4v) is 0.963. The zero-order valence-corrected chi connectivity index (χ0v) is 9.15. The monoisotopic (exact) mass is 219 g/mol. The molecule has 1 amide bonds. The molecule has 0 spiro atoms. The molecule has 0 saturated carbocycles. The van der Waals surface area contributed by atoms with Crippen molar-refractivity contribution in [3.63, 3.8) is 0 Å². The maximum atomic E-state index is 10.7. The number of carbonyl (C=O) groups excluding carboxylic acids is 1. The van der Waals surface area contributed by atoms with E-state index in [2.05, 4.69) is 5.32 Å². The zero-order chi connectivity index (χ0) is 11.8. The van der Waals surface area contributed by atoms with Gasteiger partial charge in [0.25, 0.3) is 0 Å². The predicted molar refractivity (Wildman–Crippen MR) is 52.5 cm³/mol. The van der Waals surface area contributed by atoms with E-state index in [9.17, 15) is 9.59 Å². The normalized spacial score (nSPS) is 14.3. The molecule has 0 aliphatic heterocycles. The molecule has 2 atom stereocenters. The summed E-state index contributed by atoms with van der Waals surface area (Å²) in [5, 5.41) is 11.0. The molecule has 6 nitrogen and oxygen atoms in total. The van der Waals surface area contributed by atoms with Crippen LogP contribution in [-0.4, -0.2) is 49.5 Å². The van der Waals surface area contributed by atoms with E-state index in [0.717, 1.165) is 0 Å². The van der Waals surface area contributed by atoms with Crippen molar-refractivity contribution in [2.75, 3.05) is 20.3 Å². The lowest BCUT2D eigenvalue weighted by Gasteiger charge is -2.17. The number of methoxy groups -OCH3 is 1. The molecule has 2 unspecified atom stereocenters. The van der Waals surface area contributed by atoms with Gasteiger partial charge in [0, 0.05) is 14.0 Å². The highest BCUT2D eigenvalue weighted by Gasteiger charge is 2.19. The topological polar surface area (TPSA) is 84.9 Å². The van der Waals surface area contributed by atoms with Gasteiger partial charge >= 0.3 is 5.97 Å². The standard InChI is InChI=1S/C9H17NO5/c1-6(4-14-3)15-5-8(9(12)13)10-7(2)11/h6,8H,4-5H2,1-3H3,(H,10,11)(H,12,13). The summed E-state index contributed by atoms with van der Waals surface area (Å²) in [6.45, 7) is 3.33. The fraction of sp³-hybridized carbons (Fsp3) is 0.778. The van der Waals surface area contributed by atoms with Gasteiger partial charge in [0.05, 0.1) is 19.3 Å². The lowest BCUT2D eigenvalue weighted by Crippen LogP contribution is -2.43. The highest BCUT2D eigenvalue weighted by atomic mass is 16.5. The summed E-state index contributed by atoms with van der Waals surface area (Å²) in [6, 6.07) is -1.01. The average molecular weight is 219 g/mol. The summed E-state index contributed by atoms with van der Waals surface area (Å²) < 4.78 is 10.0. The molecule has 0 radical (unpaired) electrons. The number of carbonyl (C=O) groups is 2. The Kier molecular flexibility index (Phi) is 6.64. The zero-order valence-electron chi connectivity index (χ0n) is 9.15. The molecule has 0 aliphatic carbocycles. The maximum absolute atomic E-state index is 10.7. The van der Waals surface area contributed by atoms with E-state index in [4.69, 9.17) is 14.6 Å². The number of amides is 1. The van der Waals surface area contributed by atoms with Crippen LogP contribution in [-0.2, 0) is 19.1 Å². The number of carboxylic acid groups (broad SMARTS) is 1. The lowest BCUT2D eigenvalue weighted by molar-refractivity contribution is -0.144. The van der Waals surface area contributed by atoms with E-state index in [1.165, 1.54) is 14.0 Å². The van der Waals surface area contributed by atoms with E-state index in [1.54, 1.807) is 6.92 Å². The van der Waals surface area contributed by atoms with Crippen molar-refractivity contribution in [2.24, 2.45) is 0 Å². The van der Waals surface area contributed by atoms with Crippen molar-refractivity contribution in [2.45, 2.75) is 26.0 Å². The molecule has 0 aliphatic rings. The molecular weight excluding hydrogens is 202 g/mol. The molecule has 0 fully saturated rings. The molecule has 6 heteroatoms. The van der Waals surface area contributed by atoms with Gasteiger partial charge in [-0.2, -0.15) is 0 Å². The number of aliphatic carboxylic acids is 1. The smallest absolute Gasteiger partial charge is 0.328 e. The lowest BCUT2D eigenvalue weighted by atomic mass is 10.3. The summed E-state index contributed by atoms with van der Waals surface area (Å²) >= 11 is 0. The SMILES string of the molecule is COCC(C)OCC(NC(C)=O)C(=O)O. The fourth-order valence-electron chi connectivity index (χ4n) is 0.963. The summed E-state index contributed by atoms with van der Waals surface area (Å²) in [4.78, 5) is 21.4. The van der Waals surface area contributed by atoms with Gasteiger partial charge in [0.2, 0.25) is 5.91 Å². The van der Waals surface area contributed by atoms with Gasteiger partial charge in [0.15, 0.2) is 6.04 Å². The first-order valence-electron chi connectivity index (χ1n) is 4.57. The third-order valence-electron chi connectivity index (χ3n) is 1.62. The van der Waals surface area contributed by atoms with Crippen LogP contribution < -0.4 is 5.32 Å². The molecule has 0 heterocycles. The Balaban J connectivity index is 3.96. The molecule has 0 rings (SSSR count). The second kappa shape index (κ2) is 7.19. The summed E-state index contributed by atoms with van der Waals surface area (Å²) in [5.74, 6) is -1.51. The largest absolute Gasteiger partial charge is 0.480 e. The van der Waals surface area contributed by atoms with Crippen molar-refractivity contribution >= 4 is 11.9 Å². The highest BCUT2D eigenvalue weighted by molar-refractivity contribution is 5.82. The van der Waals surface area contributed by atoms with Crippen LogP contribution >= 0.6 is 0 Å². The van der Waals surface area contributed by atoms with Crippen LogP contribution in [0, 0.1) is 0 Å². The molecule has 2 N–H and O–H groups in total. The first-order valence-corrected chi connectivity index (χ1v) is 4.57. The van der Waals surface area contributed by atoms with Crippen molar-refractivity contribution in [3.05, 3.63) is 0 Å². The van der Waals surface area contributed by atoms with Gasteiger partial charge in [-0.15, -0.1) is 0 Å². The number of rotatable bonds is 7. The Morgan fingerprint density at radius 3 is 2.40 bits per heavy atom. The van der Waals surface area contributed by atoms with E-state index < -0.39 is 17.9 Å². The Bertz CT molecular complexity index is 219. The second-order valence-corrected chi connectivity index (χ2v) is 3.19. The third-order valence-corrected chi connectivity index (χ3v) is 1.62. The molecule has 88 valence electrons. The highest BCUT2D eigenvalue weighted by Crippen LogP contribution is 1.94. The Hall–Kier alpha value is -1.14. The van der Waals surface area contributed by atoms with Gasteiger partial charge < -0.3 is 19.9 Å². The molecule has 15 heavy (non-hydrogen) atoms. The van der Waals surface area contributed by atoms with Crippen molar-refractivity contribution in [3.8, 4) is 0 Å². The van der Waals surface area contributed by atoms with Gasteiger partial charge in [-0.3, -0.25) is 4.79 Å². The van der Waals surface area contributed by atoms with Gasteiger partial charge in [-0.05, 0) is 6.92 Å². The summed E-state index contributed by atoms with van der Waals surface area (Å²) in [6.07, 6.45) is -0.203. The number of nitrogens with one attached hydrogen (secondary N) is 1. The van der Waals surface area contributed by atoms with E-state index in [1.807, 2.05) is 0 Å². The van der Waals surface area contributed by atoms with E-state index >= 15 is 0 Å². The summed E-state index contributed by atoms with van der Waals surface area (Å²) in [5.41, 5.74) is 0. The predicted octanol–water partition coefficient (Wildman–Crippen LogP) is -0.373. The number of ether oxygens (including phenoxy) is 2. The Labute approximate surface area is 88.6 Å². The van der Waals surface area contributed by atoms with Crippen LogP contribution in [0.3, 0.4) is 0 Å². The molecule has 0 aromatic heterocycles. The quantitative estimate of drug-likeness (QED) is 0.610. The Morgan fingerprint density at radius 1 is 1.40 bits per heavy atom. The van der Waals surface area contributed by atoms with Crippen LogP contribution in [0.25, 0.3) is 0 Å². The molecule has 0 bridgehead atoms. The molecular formula is C9H17NO5. The minimum absolute atomic E-state index is 0.0700. The van der Waals surface area contributed by atoms with Crippen molar-refractivity contribution < 1.29 is 24.2 Å². The minimum atomic E-state index is -1.12. The van der Waals surface area contributed by atoms with E-state index in [-0.39, 0.29) is 12.7 Å². The second-order valence-electron chi connectivity index (χ2n) is 3.19. The van der Waals surface area contributed by atoms with Crippen LogP contribution in [0.5, 0.6) is 0 Å². The average Bonchev–Trinajstić information content (AvgIpc) is 2.11. The maximum Gasteiger partial charge on any atom is 0.328 e. The van der Waals surface area contributed by atoms with E-state index in [0.29, 0.717) is 6.61 Å². The molecule has 0 aromatic carbocycles. The van der Waals surface area contributed by atoms with Crippen LogP contribution in [0.1, 0.15) is 13.8 Å². The first kappa shape index (κ1) is 13.9. The van der Waals surface area contributed by atoms with Gasteiger partial charge in [-0.1, -0.05) is 0 Å². The van der Waals surface area contributed by atoms with Crippen LogP contribution in [0.4, 0.5) is 0 Å². The first-order chi connectivity index (χ1) is 6.97. The minimum Gasteiger partial charge on any atom is -0.480 e. The van der Waals surface area contributed by atoms with Crippen molar-refractivity contribution in [1.29, 1.82) is 0 Å². The van der Waals surface area contributed by atoms with Gasteiger partial charge in [0.1, 0.15) is 0 Å². The summed E-state index contributed by atoms with van der Waals surface area (Å²) in [7, 11) is 1.53. The number of hydrogen-bond acceptors (Lipinski definition) is 4. The number of carboxylic acids is 1.